The van der Waals surface area contributed by atoms with Gasteiger partial charge in [0.25, 0.3) is 0 Å². The van der Waals surface area contributed by atoms with E-state index in [-0.39, 0.29) is 42.2 Å². The molecule has 8 heteroatoms. The van der Waals surface area contributed by atoms with E-state index in [0.717, 1.165) is 11.6 Å². The molecule has 194 valence electrons. The molecule has 2 rings (SSSR count). The molecule has 0 bridgehead atoms. The number of methoxy groups -OCH3 is 1. The molecule has 35 heavy (non-hydrogen) atoms. The average Bonchev–Trinajstić information content (AvgIpc) is 2.69. The Hall–Kier alpha value is -3.16. The van der Waals surface area contributed by atoms with Crippen LogP contribution in [0.4, 0.5) is 8.78 Å². The summed E-state index contributed by atoms with van der Waals surface area (Å²) in [5.74, 6) is -2.13. The minimum Gasteiger partial charge on any atom is -0.508 e. The first-order valence-electron chi connectivity index (χ1n) is 11.4. The number of carboxylic acids is 1. The number of hydrogen-bond acceptors (Lipinski definition) is 5. The zero-order valence-electron chi connectivity index (χ0n) is 21.7. The molecular weight excluding hydrogens is 458 g/mol. The fraction of sp³-hybridized carbons (Fsp3) is 0.481. The number of hydrogen-bond donors (Lipinski definition) is 2. The number of benzene rings is 2. The number of rotatable bonds is 7. The van der Waals surface area contributed by atoms with E-state index in [4.69, 9.17) is 14.6 Å². The molecule has 2 aromatic rings. The van der Waals surface area contributed by atoms with Gasteiger partial charge in [-0.15, -0.1) is 0 Å². The van der Waals surface area contributed by atoms with Gasteiger partial charge in [0.05, 0.1) is 20.0 Å². The number of aliphatic carboxylic acids is 1. The van der Waals surface area contributed by atoms with Crippen LogP contribution in [0.25, 0.3) is 0 Å². The van der Waals surface area contributed by atoms with Crippen molar-refractivity contribution in [2.24, 2.45) is 0 Å². The lowest BCUT2D eigenvalue weighted by Crippen LogP contribution is -2.25. The fourth-order valence-corrected chi connectivity index (χ4v) is 3.54. The van der Waals surface area contributed by atoms with Crippen molar-refractivity contribution < 1.29 is 38.1 Å². The van der Waals surface area contributed by atoms with Crippen LogP contribution in [0.15, 0.2) is 24.3 Å². The molecule has 0 heterocycles. The molecule has 0 aliphatic carbocycles. The summed E-state index contributed by atoms with van der Waals surface area (Å²) in [5.41, 5.74) is 1.75. The molecule has 0 amide bonds. The Morgan fingerprint density at radius 2 is 1.37 bits per heavy atom. The fourth-order valence-electron chi connectivity index (χ4n) is 3.54. The molecular formula is C27H36F2O6. The van der Waals surface area contributed by atoms with E-state index in [1.54, 1.807) is 0 Å². The topological polar surface area (TPSA) is 93.1 Å². The molecule has 0 atom stereocenters. The summed E-state index contributed by atoms with van der Waals surface area (Å²) in [4.78, 5) is 22.6. The van der Waals surface area contributed by atoms with Gasteiger partial charge in [0.15, 0.2) is 0 Å². The van der Waals surface area contributed by atoms with Crippen molar-refractivity contribution in [3.63, 3.8) is 0 Å². The predicted molar refractivity (Wildman–Crippen MR) is 130 cm³/mol. The van der Waals surface area contributed by atoms with Crippen molar-refractivity contribution in [3.8, 4) is 11.5 Å². The molecule has 0 unspecified atom stereocenters. The monoisotopic (exact) mass is 494 g/mol. The second-order valence-corrected chi connectivity index (χ2v) is 9.81. The Morgan fingerprint density at radius 1 is 0.886 bits per heavy atom. The van der Waals surface area contributed by atoms with E-state index in [2.05, 4.69) is 0 Å². The van der Waals surface area contributed by atoms with Crippen LogP contribution < -0.4 is 4.74 Å². The summed E-state index contributed by atoms with van der Waals surface area (Å²) in [6, 6.07) is 4.95. The Labute approximate surface area is 205 Å². The maximum absolute atomic E-state index is 13.6. The van der Waals surface area contributed by atoms with Crippen molar-refractivity contribution in [2.45, 2.75) is 78.7 Å². The third kappa shape index (κ3) is 9.54. The number of esters is 1. The van der Waals surface area contributed by atoms with E-state index in [1.807, 2.05) is 48.5 Å². The normalized spacial score (nSPS) is 11.2. The van der Waals surface area contributed by atoms with Crippen LogP contribution in [0, 0.1) is 11.6 Å². The Bertz CT molecular complexity index is 1040. The summed E-state index contributed by atoms with van der Waals surface area (Å²) in [5, 5.41) is 18.1. The second-order valence-electron chi connectivity index (χ2n) is 9.81. The molecule has 2 aromatic carbocycles. The maximum atomic E-state index is 13.6. The van der Waals surface area contributed by atoms with Crippen LogP contribution in [-0.2, 0) is 27.2 Å². The number of carbonyl (C=O) groups excluding carboxylic acids is 1. The molecule has 6 nitrogen and oxygen atoms in total. The van der Waals surface area contributed by atoms with Crippen LogP contribution in [0.1, 0.15) is 82.6 Å². The zero-order chi connectivity index (χ0) is 27.1. The molecule has 0 saturated carbocycles. The van der Waals surface area contributed by atoms with Gasteiger partial charge >= 0.3 is 11.9 Å². The summed E-state index contributed by atoms with van der Waals surface area (Å²) < 4.78 is 37.1. The van der Waals surface area contributed by atoms with Crippen molar-refractivity contribution in [1.29, 1.82) is 0 Å². The minimum atomic E-state index is -1.04. The van der Waals surface area contributed by atoms with Gasteiger partial charge in [-0.2, -0.15) is 0 Å². The summed E-state index contributed by atoms with van der Waals surface area (Å²) in [6.45, 7) is 13.0. The first-order valence-corrected chi connectivity index (χ1v) is 11.4. The Morgan fingerprint density at radius 3 is 1.80 bits per heavy atom. The quantitative estimate of drug-likeness (QED) is 0.450. The number of carboxylic acid groups (broad SMARTS) is 1. The number of halogens is 2. The Kier molecular flexibility index (Phi) is 10.7. The highest BCUT2D eigenvalue weighted by molar-refractivity contribution is 5.75. The smallest absolute Gasteiger partial charge is 0.310 e. The van der Waals surface area contributed by atoms with Crippen molar-refractivity contribution in [3.05, 3.63) is 58.2 Å². The van der Waals surface area contributed by atoms with E-state index >= 15 is 0 Å². The van der Waals surface area contributed by atoms with E-state index in [1.165, 1.54) is 25.3 Å². The van der Waals surface area contributed by atoms with Gasteiger partial charge in [0.2, 0.25) is 0 Å². The number of phenolic OH excluding ortho intramolecular Hbond substituents is 1. The van der Waals surface area contributed by atoms with Gasteiger partial charge in [-0.25, -0.2) is 8.78 Å². The molecule has 0 saturated heterocycles. The van der Waals surface area contributed by atoms with Gasteiger partial charge in [0.1, 0.15) is 28.7 Å². The zero-order valence-corrected chi connectivity index (χ0v) is 21.7. The third-order valence-corrected chi connectivity index (χ3v) is 4.97. The first kappa shape index (κ1) is 29.9. The lowest BCUT2D eigenvalue weighted by atomic mass is 9.94. The maximum Gasteiger partial charge on any atom is 0.310 e. The third-order valence-electron chi connectivity index (χ3n) is 4.97. The molecule has 0 aromatic heterocycles. The molecule has 2 N–H and O–H groups in total. The van der Waals surface area contributed by atoms with Gasteiger partial charge < -0.3 is 19.7 Å². The van der Waals surface area contributed by atoms with Crippen molar-refractivity contribution in [1.82, 2.24) is 0 Å². The van der Waals surface area contributed by atoms with Crippen LogP contribution in [-0.4, -0.2) is 34.9 Å². The van der Waals surface area contributed by atoms with E-state index in [9.17, 15) is 23.5 Å². The number of ether oxygens (including phenoxy) is 2. The standard InChI is InChI=1S/C16H23FO3.C11H13FO3/c1-10(2)12-7-11(17)8-14(19-6)13(12)9-15(18)20-16(3,4)5;1-6(2)8-3-7(12)4-10(13)9(8)5-11(14)15/h7-8,10H,9H2,1-6H3;3-4,6,13H,5H2,1-2H3,(H,14,15). The van der Waals surface area contributed by atoms with Crippen molar-refractivity contribution >= 4 is 11.9 Å². The number of carbonyl (C=O) groups is 2. The minimum absolute atomic E-state index is 0.0269. The summed E-state index contributed by atoms with van der Waals surface area (Å²) in [7, 11) is 1.47. The average molecular weight is 495 g/mol. The predicted octanol–water partition coefficient (Wildman–Crippen LogP) is 6.12. The molecule has 0 fully saturated rings. The van der Waals surface area contributed by atoms with Gasteiger partial charge in [-0.1, -0.05) is 27.7 Å². The second kappa shape index (κ2) is 12.5. The van der Waals surface area contributed by atoms with Crippen molar-refractivity contribution in [2.75, 3.05) is 7.11 Å². The van der Waals surface area contributed by atoms with Crippen LogP contribution in [0.3, 0.4) is 0 Å². The van der Waals surface area contributed by atoms with Gasteiger partial charge in [0, 0.05) is 23.3 Å². The number of aromatic hydroxyl groups is 1. The highest BCUT2D eigenvalue weighted by Crippen LogP contribution is 2.31. The molecule has 0 spiro atoms. The highest BCUT2D eigenvalue weighted by Gasteiger charge is 2.22. The van der Waals surface area contributed by atoms with E-state index < -0.39 is 17.4 Å². The van der Waals surface area contributed by atoms with Crippen LogP contribution in [0.5, 0.6) is 11.5 Å². The molecule has 0 aliphatic heterocycles. The lowest BCUT2D eigenvalue weighted by molar-refractivity contribution is -0.154. The summed E-state index contributed by atoms with van der Waals surface area (Å²) in [6.07, 6.45) is -0.214. The Balaban J connectivity index is 0.000000365. The van der Waals surface area contributed by atoms with Crippen LogP contribution >= 0.6 is 0 Å². The first-order chi connectivity index (χ1) is 16.0. The van der Waals surface area contributed by atoms with Gasteiger partial charge in [-0.05, 0) is 55.9 Å². The van der Waals surface area contributed by atoms with Crippen LogP contribution in [0.2, 0.25) is 0 Å². The highest BCUT2D eigenvalue weighted by atomic mass is 19.1. The summed E-state index contributed by atoms with van der Waals surface area (Å²) >= 11 is 0. The molecule has 0 radical (unpaired) electrons. The lowest BCUT2D eigenvalue weighted by Gasteiger charge is -2.21. The largest absolute Gasteiger partial charge is 0.508 e. The molecule has 0 aliphatic rings. The van der Waals surface area contributed by atoms with E-state index in [0.29, 0.717) is 22.4 Å². The SMILES string of the molecule is CC(C)c1cc(F)cc(O)c1CC(=O)O.COc1cc(F)cc(C(C)C)c1CC(=O)OC(C)(C)C. The van der Waals surface area contributed by atoms with Gasteiger partial charge in [-0.3, -0.25) is 9.59 Å². The number of phenols is 1.